The number of fused-ring (bicyclic) bond motifs is 1. The van der Waals surface area contributed by atoms with E-state index >= 15 is 0 Å². The van der Waals surface area contributed by atoms with Gasteiger partial charge in [-0.1, -0.05) is 18.2 Å². The van der Waals surface area contributed by atoms with Crippen LogP contribution in [0, 0.1) is 6.92 Å². The Labute approximate surface area is 167 Å². The van der Waals surface area contributed by atoms with Gasteiger partial charge in [0.25, 0.3) is 5.91 Å². The summed E-state index contributed by atoms with van der Waals surface area (Å²) >= 11 is 1.49. The number of hydrogen-bond acceptors (Lipinski definition) is 4. The van der Waals surface area contributed by atoms with E-state index in [1.807, 2.05) is 24.3 Å². The molecule has 0 radical (unpaired) electrons. The largest absolute Gasteiger partial charge is 0.416 e. The third-order valence-corrected chi connectivity index (χ3v) is 5.45. The van der Waals surface area contributed by atoms with Gasteiger partial charge in [-0.25, -0.2) is 9.67 Å². The molecule has 0 fully saturated rings. The molecule has 4 rings (SSSR count). The van der Waals surface area contributed by atoms with Crippen LogP contribution in [0.4, 0.5) is 13.2 Å². The molecule has 2 heterocycles. The Kier molecular flexibility index (Phi) is 4.83. The van der Waals surface area contributed by atoms with Gasteiger partial charge < -0.3 is 5.32 Å². The molecule has 1 amide bonds. The molecule has 29 heavy (non-hydrogen) atoms. The molecule has 0 spiro atoms. The van der Waals surface area contributed by atoms with Gasteiger partial charge in [-0.15, -0.1) is 11.3 Å². The van der Waals surface area contributed by atoms with Gasteiger partial charge in [0, 0.05) is 0 Å². The number of carbonyl (C=O) groups is 1. The number of benzene rings is 2. The lowest BCUT2D eigenvalue weighted by molar-refractivity contribution is -0.137. The summed E-state index contributed by atoms with van der Waals surface area (Å²) < 4.78 is 41.2. The molecule has 0 bridgehead atoms. The zero-order valence-corrected chi connectivity index (χ0v) is 16.0. The van der Waals surface area contributed by atoms with Crippen LogP contribution in [0.5, 0.6) is 0 Å². The lowest BCUT2D eigenvalue weighted by Crippen LogP contribution is -2.23. The van der Waals surface area contributed by atoms with Crippen LogP contribution in [0.2, 0.25) is 0 Å². The quantitative estimate of drug-likeness (QED) is 0.523. The third-order valence-electron chi connectivity index (χ3n) is 4.41. The van der Waals surface area contributed by atoms with E-state index in [1.54, 1.807) is 6.92 Å². The second kappa shape index (κ2) is 7.32. The number of alkyl halides is 3. The normalized spacial score (nSPS) is 11.7. The summed E-state index contributed by atoms with van der Waals surface area (Å²) in [6.45, 7) is 1.90. The van der Waals surface area contributed by atoms with Crippen LogP contribution in [0.25, 0.3) is 15.9 Å². The number of nitrogens with one attached hydrogen (secondary N) is 1. The summed E-state index contributed by atoms with van der Waals surface area (Å²) in [5, 5.41) is 7.65. The third kappa shape index (κ3) is 3.86. The first-order valence-corrected chi connectivity index (χ1v) is 9.49. The van der Waals surface area contributed by atoms with E-state index in [4.69, 9.17) is 0 Å². The average Bonchev–Trinajstić information content (AvgIpc) is 3.28. The number of halogens is 3. The van der Waals surface area contributed by atoms with Crippen molar-refractivity contribution in [2.75, 3.05) is 0 Å². The van der Waals surface area contributed by atoms with Gasteiger partial charge in [0.15, 0.2) is 0 Å². The molecular formula is C20H15F3N4OS. The predicted molar refractivity (Wildman–Crippen MR) is 104 cm³/mol. The van der Waals surface area contributed by atoms with Crippen molar-refractivity contribution in [2.45, 2.75) is 19.6 Å². The predicted octanol–water partition coefficient (Wildman–Crippen LogP) is 4.74. The molecule has 1 N–H and O–H groups in total. The van der Waals surface area contributed by atoms with E-state index in [1.165, 1.54) is 34.3 Å². The number of amides is 1. The van der Waals surface area contributed by atoms with Gasteiger partial charge in [-0.3, -0.25) is 4.79 Å². The highest BCUT2D eigenvalue weighted by Crippen LogP contribution is 2.30. The molecule has 0 aliphatic carbocycles. The van der Waals surface area contributed by atoms with E-state index in [2.05, 4.69) is 15.4 Å². The topological polar surface area (TPSA) is 59.8 Å². The van der Waals surface area contributed by atoms with Crippen molar-refractivity contribution < 1.29 is 18.0 Å². The maximum atomic E-state index is 13.0. The summed E-state index contributed by atoms with van der Waals surface area (Å²) in [5.41, 5.74) is 1.08. The molecule has 0 atom stereocenters. The van der Waals surface area contributed by atoms with Crippen LogP contribution in [0.3, 0.4) is 0 Å². The molecule has 148 valence electrons. The first kappa shape index (κ1) is 19.1. The Bertz CT molecular complexity index is 1160. The van der Waals surface area contributed by atoms with E-state index in [-0.39, 0.29) is 18.1 Å². The minimum absolute atomic E-state index is 0.238. The highest BCUT2D eigenvalue weighted by atomic mass is 32.1. The van der Waals surface area contributed by atoms with Gasteiger partial charge in [0.05, 0.1) is 45.5 Å². The summed E-state index contributed by atoms with van der Waals surface area (Å²) in [6, 6.07) is 12.5. The van der Waals surface area contributed by atoms with E-state index < -0.39 is 11.7 Å². The molecule has 0 aliphatic rings. The zero-order chi connectivity index (χ0) is 20.6. The zero-order valence-electron chi connectivity index (χ0n) is 15.2. The van der Waals surface area contributed by atoms with Crippen molar-refractivity contribution in [1.82, 2.24) is 20.1 Å². The van der Waals surface area contributed by atoms with Crippen LogP contribution in [-0.2, 0) is 12.7 Å². The molecule has 2 aromatic heterocycles. The van der Waals surface area contributed by atoms with E-state index in [9.17, 15) is 18.0 Å². The van der Waals surface area contributed by atoms with Gasteiger partial charge in [0.1, 0.15) is 5.01 Å². The van der Waals surface area contributed by atoms with Gasteiger partial charge in [0.2, 0.25) is 0 Å². The molecule has 9 heteroatoms. The lowest BCUT2D eigenvalue weighted by Gasteiger charge is -2.10. The molecule has 0 aliphatic heterocycles. The van der Waals surface area contributed by atoms with Crippen LogP contribution >= 0.6 is 11.3 Å². The smallest absolute Gasteiger partial charge is 0.345 e. The van der Waals surface area contributed by atoms with Crippen LogP contribution in [0.15, 0.2) is 54.7 Å². The lowest BCUT2D eigenvalue weighted by atomic mass is 10.2. The second-order valence-electron chi connectivity index (χ2n) is 6.36. The van der Waals surface area contributed by atoms with Gasteiger partial charge in [-0.2, -0.15) is 18.3 Å². The second-order valence-corrected chi connectivity index (χ2v) is 7.48. The maximum absolute atomic E-state index is 13.0. The molecule has 0 saturated carbocycles. The van der Waals surface area contributed by atoms with Crippen molar-refractivity contribution in [3.63, 3.8) is 0 Å². The maximum Gasteiger partial charge on any atom is 0.416 e. The number of rotatable bonds is 4. The first-order valence-electron chi connectivity index (χ1n) is 8.68. The van der Waals surface area contributed by atoms with Crippen LogP contribution in [-0.4, -0.2) is 20.7 Å². The van der Waals surface area contributed by atoms with Crippen molar-refractivity contribution >= 4 is 27.5 Å². The molecule has 2 aromatic carbocycles. The Morgan fingerprint density at radius 2 is 1.97 bits per heavy atom. The standard InChI is InChI=1S/C20H15F3N4OS/c1-12-15(10-25-27(12)14-6-4-5-13(9-14)20(21,22)23)19(28)24-11-18-26-16-7-2-3-8-17(16)29-18/h2-10H,11H2,1H3,(H,24,28). The number of carbonyl (C=O) groups excluding carboxylic acids is 1. The molecule has 0 saturated heterocycles. The summed E-state index contributed by atoms with van der Waals surface area (Å²) in [6.07, 6.45) is -3.10. The number of para-hydroxylation sites is 1. The fourth-order valence-electron chi connectivity index (χ4n) is 2.95. The summed E-state index contributed by atoms with van der Waals surface area (Å²) in [5.74, 6) is -0.361. The van der Waals surface area contributed by atoms with E-state index in [0.29, 0.717) is 11.3 Å². The fraction of sp³-hybridized carbons (Fsp3) is 0.150. The molecule has 4 aromatic rings. The first-order chi connectivity index (χ1) is 13.8. The Morgan fingerprint density at radius 3 is 2.72 bits per heavy atom. The van der Waals surface area contributed by atoms with Gasteiger partial charge in [-0.05, 0) is 37.3 Å². The average molecular weight is 416 g/mol. The summed E-state index contributed by atoms with van der Waals surface area (Å²) in [7, 11) is 0. The van der Waals surface area contributed by atoms with Crippen molar-refractivity contribution in [3.8, 4) is 5.69 Å². The van der Waals surface area contributed by atoms with Crippen LogP contribution < -0.4 is 5.32 Å². The van der Waals surface area contributed by atoms with E-state index in [0.717, 1.165) is 27.4 Å². The number of thiazole rings is 1. The Hall–Kier alpha value is -3.20. The van der Waals surface area contributed by atoms with Gasteiger partial charge >= 0.3 is 6.18 Å². The number of aromatic nitrogens is 3. The molecule has 5 nitrogen and oxygen atoms in total. The minimum Gasteiger partial charge on any atom is -0.345 e. The van der Waals surface area contributed by atoms with Crippen molar-refractivity contribution in [3.05, 3.63) is 76.6 Å². The number of nitrogens with zero attached hydrogens (tertiary/aromatic N) is 3. The van der Waals surface area contributed by atoms with Crippen molar-refractivity contribution in [1.29, 1.82) is 0 Å². The van der Waals surface area contributed by atoms with Crippen LogP contribution in [0.1, 0.15) is 26.6 Å². The SMILES string of the molecule is Cc1c(C(=O)NCc2nc3ccccc3s2)cnn1-c1cccc(C(F)(F)F)c1. The minimum atomic E-state index is -4.45. The molecule has 0 unspecified atom stereocenters. The Balaban J connectivity index is 1.52. The Morgan fingerprint density at radius 1 is 1.17 bits per heavy atom. The fourth-order valence-corrected chi connectivity index (χ4v) is 3.86. The molecular weight excluding hydrogens is 401 g/mol. The monoisotopic (exact) mass is 416 g/mol. The highest BCUT2D eigenvalue weighted by Gasteiger charge is 2.30. The number of hydrogen-bond donors (Lipinski definition) is 1. The van der Waals surface area contributed by atoms with Crippen molar-refractivity contribution in [2.24, 2.45) is 0 Å². The summed E-state index contributed by atoms with van der Waals surface area (Å²) in [4.78, 5) is 17.0. The highest BCUT2D eigenvalue weighted by molar-refractivity contribution is 7.18.